The minimum atomic E-state index is -1.73. The molecule has 2 aromatic carbocycles. The Balaban J connectivity index is 1.86. The minimum Gasteiger partial charge on any atom is -0.427 e. The normalized spacial score (nSPS) is 10.2. The van der Waals surface area contributed by atoms with E-state index < -0.39 is 40.8 Å². The van der Waals surface area contributed by atoms with Crippen LogP contribution in [0.15, 0.2) is 36.4 Å². The fraction of sp³-hybridized carbons (Fsp3) is 0.167. The highest BCUT2D eigenvalue weighted by molar-refractivity contribution is 5.95. The zero-order valence-corrected chi connectivity index (χ0v) is 14.1. The van der Waals surface area contributed by atoms with Crippen molar-refractivity contribution in [3.63, 3.8) is 0 Å². The minimum absolute atomic E-state index is 0.00629. The molecule has 2 amide bonds. The molecule has 0 aliphatic heterocycles. The van der Waals surface area contributed by atoms with Gasteiger partial charge in [0, 0.05) is 25.6 Å². The van der Waals surface area contributed by atoms with E-state index in [1.165, 1.54) is 31.2 Å². The Kier molecular flexibility index (Phi) is 6.53. The Labute approximate surface area is 152 Å². The van der Waals surface area contributed by atoms with Crippen molar-refractivity contribution in [3.05, 3.63) is 65.0 Å². The van der Waals surface area contributed by atoms with Gasteiger partial charge in [0.05, 0.1) is 5.56 Å². The van der Waals surface area contributed by atoms with Gasteiger partial charge in [0.1, 0.15) is 5.75 Å². The van der Waals surface area contributed by atoms with E-state index in [0.29, 0.717) is 6.07 Å². The monoisotopic (exact) mass is 380 g/mol. The lowest BCUT2D eigenvalue weighted by Crippen LogP contribution is -2.35. The number of halogens is 3. The van der Waals surface area contributed by atoms with Gasteiger partial charge in [-0.1, -0.05) is 6.07 Å². The third kappa shape index (κ3) is 5.30. The van der Waals surface area contributed by atoms with Gasteiger partial charge in [0.15, 0.2) is 17.5 Å². The molecular weight excluding hydrogens is 365 g/mol. The Morgan fingerprint density at radius 2 is 1.59 bits per heavy atom. The first-order valence-corrected chi connectivity index (χ1v) is 7.78. The average molecular weight is 380 g/mol. The van der Waals surface area contributed by atoms with Gasteiger partial charge in [-0.05, 0) is 30.3 Å². The van der Waals surface area contributed by atoms with Crippen molar-refractivity contribution in [2.24, 2.45) is 0 Å². The number of rotatable bonds is 6. The topological polar surface area (TPSA) is 84.5 Å². The first kappa shape index (κ1) is 20.0. The van der Waals surface area contributed by atoms with Crippen molar-refractivity contribution in [2.75, 3.05) is 13.1 Å². The van der Waals surface area contributed by atoms with Crippen LogP contribution in [0.1, 0.15) is 27.6 Å². The van der Waals surface area contributed by atoms with Gasteiger partial charge in [-0.3, -0.25) is 14.4 Å². The average Bonchev–Trinajstić information content (AvgIpc) is 2.62. The standard InChI is InChI=1S/C18H15F3N2O4/c1-10(24)27-12-4-2-3-11(9-12)17(25)22-7-8-23-18(26)13-5-6-14(19)16(21)15(13)20/h2-6,9H,7-8H2,1H3,(H,22,25)(H,23,26). The van der Waals surface area contributed by atoms with Crippen molar-refractivity contribution in [1.29, 1.82) is 0 Å². The third-order valence-corrected chi connectivity index (χ3v) is 3.33. The summed E-state index contributed by atoms with van der Waals surface area (Å²) >= 11 is 0. The van der Waals surface area contributed by atoms with Crippen molar-refractivity contribution >= 4 is 17.8 Å². The van der Waals surface area contributed by atoms with Crippen LogP contribution in [-0.4, -0.2) is 30.9 Å². The summed E-state index contributed by atoms with van der Waals surface area (Å²) in [6.45, 7) is 1.14. The molecule has 0 saturated carbocycles. The highest BCUT2D eigenvalue weighted by Crippen LogP contribution is 2.15. The number of nitrogens with one attached hydrogen (secondary N) is 2. The lowest BCUT2D eigenvalue weighted by atomic mass is 10.2. The second kappa shape index (κ2) is 8.84. The number of ether oxygens (including phenoxy) is 1. The SMILES string of the molecule is CC(=O)Oc1cccc(C(=O)NCCNC(=O)c2ccc(F)c(F)c2F)c1. The summed E-state index contributed by atoms with van der Waals surface area (Å²) in [6.07, 6.45) is 0. The summed E-state index contributed by atoms with van der Waals surface area (Å²) in [5.74, 6) is -6.47. The lowest BCUT2D eigenvalue weighted by Gasteiger charge is -2.09. The molecule has 0 saturated heterocycles. The lowest BCUT2D eigenvalue weighted by molar-refractivity contribution is -0.131. The molecule has 0 aliphatic carbocycles. The number of carbonyl (C=O) groups excluding carboxylic acids is 3. The Morgan fingerprint density at radius 1 is 0.926 bits per heavy atom. The third-order valence-electron chi connectivity index (χ3n) is 3.33. The largest absolute Gasteiger partial charge is 0.427 e. The van der Waals surface area contributed by atoms with Gasteiger partial charge >= 0.3 is 5.97 Å². The number of carbonyl (C=O) groups is 3. The number of benzene rings is 2. The molecular formula is C18H15F3N2O4. The summed E-state index contributed by atoms with van der Waals surface area (Å²) in [4.78, 5) is 34.7. The van der Waals surface area contributed by atoms with E-state index >= 15 is 0 Å². The Hall–Kier alpha value is -3.36. The second-order valence-corrected chi connectivity index (χ2v) is 5.36. The van der Waals surface area contributed by atoms with Crippen LogP contribution in [0.25, 0.3) is 0 Å². The van der Waals surface area contributed by atoms with E-state index in [2.05, 4.69) is 10.6 Å². The van der Waals surface area contributed by atoms with E-state index in [4.69, 9.17) is 4.74 Å². The van der Waals surface area contributed by atoms with Crippen LogP contribution in [-0.2, 0) is 4.79 Å². The molecule has 2 N–H and O–H groups in total. The van der Waals surface area contributed by atoms with Gasteiger partial charge in [-0.25, -0.2) is 13.2 Å². The van der Waals surface area contributed by atoms with Crippen LogP contribution in [0.2, 0.25) is 0 Å². The number of esters is 1. The Bertz CT molecular complexity index is 887. The molecule has 9 heteroatoms. The maximum Gasteiger partial charge on any atom is 0.308 e. The number of hydrogen-bond acceptors (Lipinski definition) is 4. The molecule has 0 bridgehead atoms. The maximum absolute atomic E-state index is 13.5. The molecule has 0 atom stereocenters. The van der Waals surface area contributed by atoms with Gasteiger partial charge in [0.25, 0.3) is 11.8 Å². The van der Waals surface area contributed by atoms with Gasteiger partial charge in [0.2, 0.25) is 0 Å². The zero-order chi connectivity index (χ0) is 20.0. The highest BCUT2D eigenvalue weighted by atomic mass is 19.2. The van der Waals surface area contributed by atoms with Crippen LogP contribution in [0, 0.1) is 17.5 Å². The van der Waals surface area contributed by atoms with Crippen LogP contribution >= 0.6 is 0 Å². The second-order valence-electron chi connectivity index (χ2n) is 5.36. The quantitative estimate of drug-likeness (QED) is 0.348. The molecule has 0 fully saturated rings. The molecule has 142 valence electrons. The van der Waals surface area contributed by atoms with Crippen LogP contribution < -0.4 is 15.4 Å². The first-order valence-electron chi connectivity index (χ1n) is 7.78. The summed E-state index contributed by atoms with van der Waals surface area (Å²) in [5.41, 5.74) is -0.416. The predicted octanol–water partition coefficient (Wildman–Crippen LogP) is 2.19. The molecule has 0 spiro atoms. The van der Waals surface area contributed by atoms with E-state index in [1.807, 2.05) is 0 Å². The smallest absolute Gasteiger partial charge is 0.308 e. The van der Waals surface area contributed by atoms with E-state index in [0.717, 1.165) is 6.07 Å². The van der Waals surface area contributed by atoms with Gasteiger partial charge < -0.3 is 15.4 Å². The molecule has 0 aliphatic rings. The molecule has 0 heterocycles. The zero-order valence-electron chi connectivity index (χ0n) is 14.1. The van der Waals surface area contributed by atoms with Gasteiger partial charge in [-0.2, -0.15) is 0 Å². The fourth-order valence-corrected chi connectivity index (χ4v) is 2.12. The fourth-order valence-electron chi connectivity index (χ4n) is 2.12. The molecule has 0 radical (unpaired) electrons. The van der Waals surface area contributed by atoms with Crippen molar-refractivity contribution in [3.8, 4) is 5.75 Å². The van der Waals surface area contributed by atoms with E-state index in [-0.39, 0.29) is 24.4 Å². The van der Waals surface area contributed by atoms with Crippen molar-refractivity contribution < 1.29 is 32.3 Å². The number of amides is 2. The molecule has 6 nitrogen and oxygen atoms in total. The summed E-state index contributed by atoms with van der Waals surface area (Å²) in [7, 11) is 0. The highest BCUT2D eigenvalue weighted by Gasteiger charge is 2.18. The molecule has 0 aromatic heterocycles. The predicted molar refractivity (Wildman–Crippen MR) is 88.7 cm³/mol. The maximum atomic E-state index is 13.5. The number of hydrogen-bond donors (Lipinski definition) is 2. The van der Waals surface area contributed by atoms with Crippen molar-refractivity contribution in [2.45, 2.75) is 6.92 Å². The Morgan fingerprint density at radius 3 is 2.26 bits per heavy atom. The van der Waals surface area contributed by atoms with Gasteiger partial charge in [-0.15, -0.1) is 0 Å². The summed E-state index contributed by atoms with van der Waals surface area (Å²) in [6, 6.07) is 7.37. The van der Waals surface area contributed by atoms with Crippen LogP contribution in [0.3, 0.4) is 0 Å². The van der Waals surface area contributed by atoms with E-state index in [1.54, 1.807) is 0 Å². The summed E-state index contributed by atoms with van der Waals surface area (Å²) < 4.78 is 44.4. The molecule has 0 unspecified atom stereocenters. The molecule has 27 heavy (non-hydrogen) atoms. The van der Waals surface area contributed by atoms with Crippen molar-refractivity contribution in [1.82, 2.24) is 10.6 Å². The summed E-state index contributed by atoms with van der Waals surface area (Å²) in [5, 5.41) is 4.78. The molecule has 2 aromatic rings. The first-order chi connectivity index (χ1) is 12.8. The van der Waals surface area contributed by atoms with Crippen LogP contribution in [0.5, 0.6) is 5.75 Å². The molecule has 2 rings (SSSR count). The van der Waals surface area contributed by atoms with Crippen LogP contribution in [0.4, 0.5) is 13.2 Å². The van der Waals surface area contributed by atoms with E-state index in [9.17, 15) is 27.6 Å².